The van der Waals surface area contributed by atoms with E-state index in [4.69, 9.17) is 0 Å². The Balaban J connectivity index is 2.25. The summed E-state index contributed by atoms with van der Waals surface area (Å²) in [6.07, 6.45) is 2.06. The van der Waals surface area contributed by atoms with Gasteiger partial charge in [-0.1, -0.05) is 0 Å². The van der Waals surface area contributed by atoms with Crippen molar-refractivity contribution in [3.8, 4) is 0 Å². The van der Waals surface area contributed by atoms with Crippen LogP contribution in [0.1, 0.15) is 12.8 Å². The van der Waals surface area contributed by atoms with Crippen LogP contribution in [-0.4, -0.2) is 36.0 Å². The van der Waals surface area contributed by atoms with Crippen LogP contribution >= 0.6 is 11.8 Å². The number of thioether (sulfide) groups is 1. The van der Waals surface area contributed by atoms with Gasteiger partial charge >= 0.3 is 0 Å². The highest BCUT2D eigenvalue weighted by molar-refractivity contribution is 7.98. The molecule has 0 amide bonds. The second-order valence-corrected chi connectivity index (χ2v) is 3.73. The fourth-order valence-electron chi connectivity index (χ4n) is 1.19. The van der Waals surface area contributed by atoms with E-state index in [0.717, 1.165) is 5.88 Å². The maximum Gasteiger partial charge on any atom is 0.250 e. The standard InChI is InChI=1S/C7H13F2NS/c1-11-6-10-4-2-7(8,9)3-5-10/h2-6H2,1H3. The fraction of sp³-hybridized carbons (Fsp3) is 1.00. The number of halogens is 2. The topological polar surface area (TPSA) is 3.24 Å². The van der Waals surface area contributed by atoms with E-state index in [-0.39, 0.29) is 12.8 Å². The molecular formula is C7H13F2NS. The summed E-state index contributed by atoms with van der Waals surface area (Å²) < 4.78 is 25.2. The minimum atomic E-state index is -2.39. The zero-order valence-electron chi connectivity index (χ0n) is 6.65. The van der Waals surface area contributed by atoms with Gasteiger partial charge in [-0.3, -0.25) is 4.90 Å². The molecule has 1 nitrogen and oxygen atoms in total. The van der Waals surface area contributed by atoms with Crippen molar-refractivity contribution in [1.29, 1.82) is 0 Å². The first-order valence-corrected chi connectivity index (χ1v) is 5.12. The molecule has 1 saturated heterocycles. The normalized spacial score (nSPS) is 25.4. The summed E-state index contributed by atoms with van der Waals surface area (Å²) in [6, 6.07) is 0. The summed E-state index contributed by atoms with van der Waals surface area (Å²) in [4.78, 5) is 2.07. The molecule has 1 rings (SSSR count). The minimum Gasteiger partial charge on any atom is -0.294 e. The second-order valence-electron chi connectivity index (χ2n) is 2.89. The maximum atomic E-state index is 12.6. The first-order valence-electron chi connectivity index (χ1n) is 3.73. The molecule has 1 aliphatic rings. The van der Waals surface area contributed by atoms with Crippen molar-refractivity contribution in [2.75, 3.05) is 25.2 Å². The van der Waals surface area contributed by atoms with E-state index in [1.54, 1.807) is 11.8 Å². The van der Waals surface area contributed by atoms with E-state index < -0.39 is 5.92 Å². The van der Waals surface area contributed by atoms with Gasteiger partial charge in [-0.25, -0.2) is 8.78 Å². The number of hydrogen-bond acceptors (Lipinski definition) is 2. The third-order valence-electron chi connectivity index (χ3n) is 1.90. The van der Waals surface area contributed by atoms with Crippen LogP contribution in [-0.2, 0) is 0 Å². The largest absolute Gasteiger partial charge is 0.294 e. The van der Waals surface area contributed by atoms with Crippen LogP contribution in [0.3, 0.4) is 0 Å². The molecule has 0 N–H and O–H groups in total. The molecule has 66 valence electrons. The third kappa shape index (κ3) is 2.95. The molecule has 0 spiro atoms. The third-order valence-corrected chi connectivity index (χ3v) is 2.52. The second kappa shape index (κ2) is 3.72. The van der Waals surface area contributed by atoms with Crippen LogP contribution in [0.15, 0.2) is 0 Å². The quantitative estimate of drug-likeness (QED) is 0.641. The summed E-state index contributed by atoms with van der Waals surface area (Å²) in [5, 5.41) is 0. The number of piperidine rings is 1. The molecule has 1 fully saturated rings. The minimum absolute atomic E-state index is 0.0353. The number of nitrogens with zero attached hydrogens (tertiary/aromatic N) is 1. The van der Waals surface area contributed by atoms with E-state index in [0.29, 0.717) is 13.1 Å². The van der Waals surface area contributed by atoms with Gasteiger partial charge in [-0.15, -0.1) is 11.8 Å². The molecule has 4 heteroatoms. The van der Waals surface area contributed by atoms with E-state index in [1.165, 1.54) is 0 Å². The monoisotopic (exact) mass is 181 g/mol. The summed E-state index contributed by atoms with van der Waals surface area (Å²) in [6.45, 7) is 1.10. The Hall–Kier alpha value is 0.170. The molecule has 0 aliphatic carbocycles. The Bertz CT molecular complexity index is 120. The van der Waals surface area contributed by atoms with Crippen molar-refractivity contribution in [3.05, 3.63) is 0 Å². The van der Waals surface area contributed by atoms with Gasteiger partial charge in [0.25, 0.3) is 5.92 Å². The molecule has 0 atom stereocenters. The van der Waals surface area contributed by atoms with E-state index in [1.807, 2.05) is 6.26 Å². The highest BCUT2D eigenvalue weighted by atomic mass is 32.2. The molecular weight excluding hydrogens is 168 g/mol. The van der Waals surface area contributed by atoms with Gasteiger partial charge in [0.1, 0.15) is 0 Å². The van der Waals surface area contributed by atoms with E-state index >= 15 is 0 Å². The smallest absolute Gasteiger partial charge is 0.250 e. The fourth-order valence-corrected chi connectivity index (χ4v) is 1.82. The molecule has 0 bridgehead atoms. The molecule has 0 aromatic carbocycles. The highest BCUT2D eigenvalue weighted by Gasteiger charge is 2.33. The van der Waals surface area contributed by atoms with Gasteiger partial charge in [0.2, 0.25) is 0 Å². The van der Waals surface area contributed by atoms with Crippen molar-refractivity contribution >= 4 is 11.8 Å². The van der Waals surface area contributed by atoms with Crippen molar-refractivity contribution in [1.82, 2.24) is 4.90 Å². The highest BCUT2D eigenvalue weighted by Crippen LogP contribution is 2.27. The van der Waals surface area contributed by atoms with Crippen molar-refractivity contribution < 1.29 is 8.78 Å². The Morgan fingerprint density at radius 2 is 1.91 bits per heavy atom. The van der Waals surface area contributed by atoms with Crippen LogP contribution in [0.4, 0.5) is 8.78 Å². The van der Waals surface area contributed by atoms with Gasteiger partial charge in [0, 0.05) is 31.8 Å². The molecule has 0 saturated carbocycles. The lowest BCUT2D eigenvalue weighted by Gasteiger charge is -2.30. The van der Waals surface area contributed by atoms with Gasteiger partial charge in [-0.05, 0) is 6.26 Å². The molecule has 1 aliphatic heterocycles. The van der Waals surface area contributed by atoms with E-state index in [9.17, 15) is 8.78 Å². The molecule has 0 aromatic heterocycles. The summed E-state index contributed by atoms with van der Waals surface area (Å²) in [5.41, 5.74) is 0. The number of alkyl halides is 2. The Kier molecular flexibility index (Phi) is 3.13. The zero-order valence-corrected chi connectivity index (χ0v) is 7.46. The average molecular weight is 181 g/mol. The predicted molar refractivity (Wildman–Crippen MR) is 44.1 cm³/mol. The summed E-state index contributed by atoms with van der Waals surface area (Å²) >= 11 is 1.69. The Labute approximate surface area is 70.1 Å². The summed E-state index contributed by atoms with van der Waals surface area (Å²) in [7, 11) is 0. The SMILES string of the molecule is CSCN1CCC(F)(F)CC1. The van der Waals surface area contributed by atoms with Gasteiger partial charge in [0.15, 0.2) is 0 Å². The number of rotatable bonds is 2. The Morgan fingerprint density at radius 3 is 2.36 bits per heavy atom. The van der Waals surface area contributed by atoms with Gasteiger partial charge in [0.05, 0.1) is 0 Å². The lowest BCUT2D eigenvalue weighted by Crippen LogP contribution is -2.38. The van der Waals surface area contributed by atoms with Crippen LogP contribution in [0.5, 0.6) is 0 Å². The Morgan fingerprint density at radius 1 is 1.36 bits per heavy atom. The number of likely N-dealkylation sites (tertiary alicyclic amines) is 1. The lowest BCUT2D eigenvalue weighted by atomic mass is 10.1. The lowest BCUT2D eigenvalue weighted by molar-refractivity contribution is -0.0515. The van der Waals surface area contributed by atoms with Crippen LogP contribution in [0.2, 0.25) is 0 Å². The van der Waals surface area contributed by atoms with Crippen LogP contribution < -0.4 is 0 Å². The van der Waals surface area contributed by atoms with Crippen molar-refractivity contribution in [2.45, 2.75) is 18.8 Å². The van der Waals surface area contributed by atoms with Crippen LogP contribution in [0, 0.1) is 0 Å². The predicted octanol–water partition coefficient (Wildman–Crippen LogP) is 2.04. The van der Waals surface area contributed by atoms with Crippen molar-refractivity contribution in [2.24, 2.45) is 0 Å². The molecule has 1 heterocycles. The summed E-state index contributed by atoms with van der Waals surface area (Å²) in [5.74, 6) is -1.51. The van der Waals surface area contributed by atoms with Crippen LogP contribution in [0.25, 0.3) is 0 Å². The van der Waals surface area contributed by atoms with Crippen molar-refractivity contribution in [3.63, 3.8) is 0 Å². The first kappa shape index (κ1) is 9.26. The zero-order chi connectivity index (χ0) is 8.32. The van der Waals surface area contributed by atoms with Gasteiger partial charge in [-0.2, -0.15) is 0 Å². The molecule has 0 radical (unpaired) electrons. The average Bonchev–Trinajstić information content (AvgIpc) is 1.94. The first-order chi connectivity index (χ1) is 5.14. The molecule has 11 heavy (non-hydrogen) atoms. The molecule has 0 aromatic rings. The van der Waals surface area contributed by atoms with Gasteiger partial charge < -0.3 is 0 Å². The maximum absolute atomic E-state index is 12.6. The number of hydrogen-bond donors (Lipinski definition) is 0. The van der Waals surface area contributed by atoms with E-state index in [2.05, 4.69) is 4.90 Å². The molecule has 0 unspecified atom stereocenters.